The molecule has 0 fully saturated rings. The lowest BCUT2D eigenvalue weighted by atomic mass is 10.1. The Balaban J connectivity index is 1.71. The number of nitrogens with two attached hydrogens (primary N) is 1. The van der Waals surface area contributed by atoms with E-state index in [4.69, 9.17) is 40.5 Å². The summed E-state index contributed by atoms with van der Waals surface area (Å²) in [5.41, 5.74) is 10.2. The van der Waals surface area contributed by atoms with Crippen molar-refractivity contribution in [3.8, 4) is 0 Å². The molecule has 1 aromatic heterocycles. The minimum absolute atomic E-state index is 0.290. The first-order valence-corrected chi connectivity index (χ1v) is 10.2. The molecule has 29 heavy (non-hydrogen) atoms. The lowest BCUT2D eigenvalue weighted by Gasteiger charge is -2.11. The van der Waals surface area contributed by atoms with E-state index in [0.717, 1.165) is 16.6 Å². The number of hydrogen-bond acceptors (Lipinski definition) is 2. The Morgan fingerprint density at radius 3 is 2.38 bits per heavy atom. The maximum Gasteiger partial charge on any atom is 0.356 e. The molecule has 0 aliphatic carbocycles. The second-order valence-electron chi connectivity index (χ2n) is 6.86. The number of imidazole rings is 1. The van der Waals surface area contributed by atoms with Gasteiger partial charge in [0.15, 0.2) is 0 Å². The maximum atomic E-state index is 10.8. The van der Waals surface area contributed by atoms with Gasteiger partial charge in [0, 0.05) is 5.02 Å². The molecule has 0 bridgehead atoms. The molecule has 4 nitrogen and oxygen atoms in total. The van der Waals surface area contributed by atoms with Crippen LogP contribution in [0.2, 0.25) is 15.1 Å². The second-order valence-corrected chi connectivity index (χ2v) is 8.11. The van der Waals surface area contributed by atoms with E-state index >= 15 is 0 Å². The number of aromatic nitrogens is 2. The number of nitrogen functional groups attached to an aromatic ring is 1. The zero-order chi connectivity index (χ0) is 20.5. The van der Waals surface area contributed by atoms with Gasteiger partial charge in [-0.3, -0.25) is 5.73 Å². The van der Waals surface area contributed by atoms with Crippen LogP contribution in [0.5, 0.6) is 0 Å². The molecule has 0 amide bonds. The molecule has 1 heterocycles. The lowest BCUT2D eigenvalue weighted by molar-refractivity contribution is -0.648. The zero-order valence-corrected chi connectivity index (χ0v) is 17.7. The van der Waals surface area contributed by atoms with Crippen LogP contribution in [0.15, 0.2) is 66.7 Å². The first-order valence-electron chi connectivity index (χ1n) is 9.08. The van der Waals surface area contributed by atoms with Gasteiger partial charge in [0.05, 0.1) is 16.6 Å². The molecule has 0 saturated heterocycles. The first-order chi connectivity index (χ1) is 13.9. The maximum absolute atomic E-state index is 10.8. The van der Waals surface area contributed by atoms with Crippen LogP contribution < -0.4 is 10.3 Å². The average molecular weight is 448 g/mol. The summed E-state index contributed by atoms with van der Waals surface area (Å²) in [6.07, 6.45) is -0.785. The molecule has 0 spiro atoms. The number of halogens is 3. The summed E-state index contributed by atoms with van der Waals surface area (Å²) in [7, 11) is 0. The summed E-state index contributed by atoms with van der Waals surface area (Å²) in [6.45, 7) is 0.886. The molecule has 3 N–H and O–H groups in total. The van der Waals surface area contributed by atoms with E-state index in [1.165, 1.54) is 0 Å². The number of aliphatic hydroxyl groups excluding tert-OH is 1. The van der Waals surface area contributed by atoms with Crippen molar-refractivity contribution in [1.29, 1.82) is 0 Å². The molecular formula is C22H19Cl3N3O+. The van der Waals surface area contributed by atoms with Gasteiger partial charge in [0.2, 0.25) is 0 Å². The van der Waals surface area contributed by atoms with E-state index in [-0.39, 0.29) is 6.54 Å². The van der Waals surface area contributed by atoms with Gasteiger partial charge >= 0.3 is 5.95 Å². The van der Waals surface area contributed by atoms with Crippen LogP contribution >= 0.6 is 34.8 Å². The van der Waals surface area contributed by atoms with Crippen LogP contribution in [0, 0.1) is 0 Å². The van der Waals surface area contributed by atoms with Crippen molar-refractivity contribution in [3.63, 3.8) is 0 Å². The van der Waals surface area contributed by atoms with Crippen molar-refractivity contribution in [2.75, 3.05) is 5.73 Å². The van der Waals surface area contributed by atoms with Gasteiger partial charge in [0.25, 0.3) is 0 Å². The lowest BCUT2D eigenvalue weighted by Crippen LogP contribution is -2.37. The fourth-order valence-corrected chi connectivity index (χ4v) is 3.87. The Hall–Kier alpha value is -2.24. The van der Waals surface area contributed by atoms with Crippen LogP contribution in [0.25, 0.3) is 11.0 Å². The van der Waals surface area contributed by atoms with Gasteiger partial charge in [-0.1, -0.05) is 65.1 Å². The number of nitrogens with zero attached hydrogens (tertiary/aromatic N) is 2. The fourth-order valence-electron chi connectivity index (χ4n) is 3.44. The Bertz CT molecular complexity index is 1170. The number of benzene rings is 3. The van der Waals surface area contributed by atoms with Crippen LogP contribution in [-0.4, -0.2) is 9.67 Å². The first kappa shape index (κ1) is 20.0. The molecule has 4 rings (SSSR count). The van der Waals surface area contributed by atoms with E-state index < -0.39 is 6.10 Å². The number of hydrogen-bond donors (Lipinski definition) is 2. The number of para-hydroxylation sites is 2. The van der Waals surface area contributed by atoms with Crippen LogP contribution in [0.3, 0.4) is 0 Å². The largest absolute Gasteiger partial charge is 0.385 e. The summed E-state index contributed by atoms with van der Waals surface area (Å²) in [6, 6.07) is 20.7. The minimum Gasteiger partial charge on any atom is -0.385 e. The molecule has 1 atom stereocenters. The Morgan fingerprint density at radius 1 is 0.931 bits per heavy atom. The summed E-state index contributed by atoms with van der Waals surface area (Å²) in [4.78, 5) is 0. The smallest absolute Gasteiger partial charge is 0.356 e. The monoisotopic (exact) mass is 446 g/mol. The number of fused-ring (bicyclic) bond motifs is 1. The van der Waals surface area contributed by atoms with Crippen molar-refractivity contribution >= 4 is 51.8 Å². The normalized spacial score (nSPS) is 12.4. The highest BCUT2D eigenvalue weighted by atomic mass is 35.5. The molecule has 0 saturated carbocycles. The van der Waals surface area contributed by atoms with Crippen molar-refractivity contribution < 1.29 is 9.67 Å². The van der Waals surface area contributed by atoms with Gasteiger partial charge in [-0.15, -0.1) is 0 Å². The topological polar surface area (TPSA) is 55.1 Å². The predicted octanol–water partition coefficient (Wildman–Crippen LogP) is 5.25. The van der Waals surface area contributed by atoms with Gasteiger partial charge < -0.3 is 5.11 Å². The van der Waals surface area contributed by atoms with E-state index in [1.54, 1.807) is 18.2 Å². The van der Waals surface area contributed by atoms with Gasteiger partial charge in [-0.05, 0) is 47.5 Å². The van der Waals surface area contributed by atoms with Gasteiger partial charge in [0.1, 0.15) is 23.7 Å². The number of rotatable bonds is 5. The van der Waals surface area contributed by atoms with Crippen molar-refractivity contribution in [3.05, 3.63) is 92.9 Å². The van der Waals surface area contributed by atoms with Gasteiger partial charge in [-0.25, -0.2) is 9.13 Å². The SMILES string of the molecule is Nc1n(C[C@@H](O)c2ccc(Cl)c(Cl)c2)c2ccccc2[n+]1Cc1ccc(Cl)cc1. The molecule has 0 radical (unpaired) electrons. The Kier molecular flexibility index (Phi) is 5.70. The molecular weight excluding hydrogens is 429 g/mol. The molecule has 0 aliphatic heterocycles. The third-order valence-electron chi connectivity index (χ3n) is 4.95. The standard InChI is InChI=1S/C22H18Cl3N3O/c23-16-8-5-14(6-9-16)12-27-19-3-1-2-4-20(19)28(22(27)26)13-21(29)15-7-10-17(24)18(25)11-15/h1-11,21,26,29H,12-13H2/p+1/t21-/m1/s1. The van der Waals surface area contributed by atoms with E-state index in [1.807, 2.05) is 57.7 Å². The van der Waals surface area contributed by atoms with Crippen LogP contribution in [0.4, 0.5) is 5.95 Å². The van der Waals surface area contributed by atoms with Crippen LogP contribution in [0.1, 0.15) is 17.2 Å². The highest BCUT2D eigenvalue weighted by molar-refractivity contribution is 6.42. The molecule has 0 unspecified atom stereocenters. The third kappa shape index (κ3) is 4.07. The third-order valence-corrected chi connectivity index (χ3v) is 5.95. The van der Waals surface area contributed by atoms with Crippen molar-refractivity contribution in [2.24, 2.45) is 0 Å². The summed E-state index contributed by atoms with van der Waals surface area (Å²) < 4.78 is 3.94. The summed E-state index contributed by atoms with van der Waals surface area (Å²) in [5.74, 6) is 0.556. The van der Waals surface area contributed by atoms with E-state index in [0.29, 0.717) is 33.1 Å². The van der Waals surface area contributed by atoms with E-state index in [2.05, 4.69) is 0 Å². The van der Waals surface area contributed by atoms with Crippen molar-refractivity contribution in [1.82, 2.24) is 4.57 Å². The summed E-state index contributed by atoms with van der Waals surface area (Å²) in [5, 5.41) is 12.4. The fraction of sp³-hybridized carbons (Fsp3) is 0.136. The number of anilines is 1. The zero-order valence-electron chi connectivity index (χ0n) is 15.4. The Morgan fingerprint density at radius 2 is 1.66 bits per heavy atom. The molecule has 148 valence electrons. The van der Waals surface area contributed by atoms with Gasteiger partial charge in [-0.2, -0.15) is 0 Å². The second kappa shape index (κ2) is 8.25. The van der Waals surface area contributed by atoms with E-state index in [9.17, 15) is 5.11 Å². The van der Waals surface area contributed by atoms with Crippen LogP contribution in [-0.2, 0) is 13.1 Å². The molecule has 7 heteroatoms. The molecule has 3 aromatic carbocycles. The minimum atomic E-state index is -0.785. The Labute approximate surface area is 183 Å². The average Bonchev–Trinajstić information content (AvgIpc) is 2.97. The highest BCUT2D eigenvalue weighted by Gasteiger charge is 2.23. The quantitative estimate of drug-likeness (QED) is 0.410. The molecule has 4 aromatic rings. The molecule has 0 aliphatic rings. The highest BCUT2D eigenvalue weighted by Crippen LogP contribution is 2.28. The predicted molar refractivity (Wildman–Crippen MR) is 119 cm³/mol. The summed E-state index contributed by atoms with van der Waals surface area (Å²) >= 11 is 18.1. The number of aliphatic hydroxyl groups is 1. The van der Waals surface area contributed by atoms with Crippen molar-refractivity contribution in [2.45, 2.75) is 19.2 Å².